The van der Waals surface area contributed by atoms with E-state index in [0.29, 0.717) is 22.1 Å². The van der Waals surface area contributed by atoms with Gasteiger partial charge in [0.25, 0.3) is 0 Å². The van der Waals surface area contributed by atoms with Crippen LogP contribution in [0.2, 0.25) is 5.02 Å². The number of ether oxygens (including phenoxy) is 1. The van der Waals surface area contributed by atoms with Crippen molar-refractivity contribution >= 4 is 34.3 Å². The molecule has 1 aliphatic carbocycles. The molecule has 0 saturated heterocycles. The summed E-state index contributed by atoms with van der Waals surface area (Å²) < 4.78 is 5.52. The van der Waals surface area contributed by atoms with Crippen molar-refractivity contribution in [2.24, 2.45) is 11.3 Å². The number of Topliss-reactive ketones (excluding diaryl/α,β-unsaturated/α-hetero) is 1. The van der Waals surface area contributed by atoms with Crippen LogP contribution in [0.25, 0.3) is 10.9 Å². The van der Waals surface area contributed by atoms with E-state index in [2.05, 4.69) is 20.8 Å². The molecule has 4 rings (SSSR count). The molecule has 5 heteroatoms. The molecule has 4 nitrogen and oxygen atoms in total. The molecule has 0 bridgehead atoms. The Morgan fingerprint density at radius 1 is 1.10 bits per heavy atom. The lowest BCUT2D eigenvalue weighted by Gasteiger charge is -2.35. The van der Waals surface area contributed by atoms with E-state index < -0.39 is 5.97 Å². The van der Waals surface area contributed by atoms with Gasteiger partial charge in [-0.05, 0) is 66.5 Å². The zero-order valence-electron chi connectivity index (χ0n) is 18.1. The molecule has 0 amide bonds. The van der Waals surface area contributed by atoms with Gasteiger partial charge in [0, 0.05) is 21.7 Å². The van der Waals surface area contributed by atoms with E-state index in [1.165, 1.54) is 0 Å². The fourth-order valence-corrected chi connectivity index (χ4v) is 4.41. The first-order chi connectivity index (χ1) is 14.7. The summed E-state index contributed by atoms with van der Waals surface area (Å²) in [6.07, 6.45) is 2.67. The van der Waals surface area contributed by atoms with Gasteiger partial charge in [0.05, 0.1) is 11.1 Å². The van der Waals surface area contributed by atoms with E-state index >= 15 is 0 Å². The van der Waals surface area contributed by atoms with E-state index in [0.717, 1.165) is 41.4 Å². The Hall–Kier alpha value is -2.72. The molecule has 2 aromatic carbocycles. The second-order valence-corrected chi connectivity index (χ2v) is 9.68. The van der Waals surface area contributed by atoms with Crippen LogP contribution in [0.3, 0.4) is 0 Å². The maximum atomic E-state index is 13.3. The van der Waals surface area contributed by atoms with Crippen LogP contribution >= 0.6 is 11.6 Å². The standard InChI is InChI=1S/C26H26ClNO3/c1-26(2,3)17-10-13-22-20(14-17)24(19-6-4-5-7-21(19)28-22)25(30)31-15-23(29)16-8-11-18(27)12-9-16/h4-9,11-12,17H,10,13-15H2,1-3H3. The Kier molecular flexibility index (Phi) is 5.85. The van der Waals surface area contributed by atoms with Gasteiger partial charge in [-0.1, -0.05) is 50.6 Å². The monoisotopic (exact) mass is 435 g/mol. The molecule has 0 spiro atoms. The van der Waals surface area contributed by atoms with Crippen molar-refractivity contribution in [1.29, 1.82) is 0 Å². The Morgan fingerprint density at radius 2 is 1.81 bits per heavy atom. The van der Waals surface area contributed by atoms with E-state index in [-0.39, 0.29) is 17.8 Å². The molecule has 1 heterocycles. The van der Waals surface area contributed by atoms with Crippen LogP contribution in [0.1, 0.15) is 59.2 Å². The molecular weight excluding hydrogens is 410 g/mol. The predicted octanol–water partition coefficient (Wildman–Crippen LogP) is 6.08. The lowest BCUT2D eigenvalue weighted by atomic mass is 9.70. The number of carbonyl (C=O) groups excluding carboxylic acids is 2. The van der Waals surface area contributed by atoms with Crippen molar-refractivity contribution in [3.8, 4) is 0 Å². The minimum atomic E-state index is -0.466. The average molecular weight is 436 g/mol. The van der Waals surface area contributed by atoms with Crippen LogP contribution in [0.5, 0.6) is 0 Å². The summed E-state index contributed by atoms with van der Waals surface area (Å²) in [6.45, 7) is 6.40. The van der Waals surface area contributed by atoms with Crippen LogP contribution in [0.4, 0.5) is 0 Å². The van der Waals surface area contributed by atoms with Gasteiger partial charge in [-0.2, -0.15) is 0 Å². The number of fused-ring (bicyclic) bond motifs is 2. The fraction of sp³-hybridized carbons (Fsp3) is 0.346. The first-order valence-electron chi connectivity index (χ1n) is 10.6. The van der Waals surface area contributed by atoms with Crippen LogP contribution in [0.15, 0.2) is 48.5 Å². The predicted molar refractivity (Wildman–Crippen MR) is 123 cm³/mol. The molecule has 0 fully saturated rings. The molecule has 0 aliphatic heterocycles. The van der Waals surface area contributed by atoms with Crippen molar-refractivity contribution < 1.29 is 14.3 Å². The van der Waals surface area contributed by atoms with Crippen molar-refractivity contribution in [2.45, 2.75) is 40.0 Å². The Balaban J connectivity index is 1.66. The quantitative estimate of drug-likeness (QED) is 0.368. The molecule has 0 N–H and O–H groups in total. The Bertz CT molecular complexity index is 1150. The van der Waals surface area contributed by atoms with Gasteiger partial charge in [0.1, 0.15) is 0 Å². The molecule has 31 heavy (non-hydrogen) atoms. The molecule has 1 aliphatic rings. The number of carbonyl (C=O) groups is 2. The number of ketones is 1. The topological polar surface area (TPSA) is 56.3 Å². The number of benzene rings is 2. The number of hydrogen-bond donors (Lipinski definition) is 0. The minimum absolute atomic E-state index is 0.134. The zero-order chi connectivity index (χ0) is 22.2. The number of hydrogen-bond acceptors (Lipinski definition) is 4. The molecule has 1 unspecified atom stereocenters. The summed E-state index contributed by atoms with van der Waals surface area (Å²) in [7, 11) is 0. The average Bonchev–Trinajstić information content (AvgIpc) is 2.75. The normalized spacial score (nSPS) is 16.1. The molecule has 0 radical (unpaired) electrons. The third-order valence-corrected chi connectivity index (χ3v) is 6.44. The maximum absolute atomic E-state index is 13.3. The SMILES string of the molecule is CC(C)(C)C1CCc2nc3ccccc3c(C(=O)OCC(=O)c3ccc(Cl)cc3)c2C1. The highest BCUT2D eigenvalue weighted by Gasteiger charge is 2.33. The maximum Gasteiger partial charge on any atom is 0.339 e. The fourth-order valence-electron chi connectivity index (χ4n) is 4.28. The zero-order valence-corrected chi connectivity index (χ0v) is 18.8. The summed E-state index contributed by atoms with van der Waals surface area (Å²) >= 11 is 5.89. The number of para-hydroxylation sites is 1. The van der Waals surface area contributed by atoms with Crippen molar-refractivity contribution in [3.05, 3.63) is 75.9 Å². The lowest BCUT2D eigenvalue weighted by molar-refractivity contribution is 0.0474. The lowest BCUT2D eigenvalue weighted by Crippen LogP contribution is -2.29. The van der Waals surface area contributed by atoms with E-state index in [1.54, 1.807) is 24.3 Å². The van der Waals surface area contributed by atoms with Gasteiger partial charge >= 0.3 is 5.97 Å². The Labute approximate surface area is 187 Å². The molecular formula is C26H26ClNO3. The number of aryl methyl sites for hydroxylation is 1. The van der Waals surface area contributed by atoms with Gasteiger partial charge in [-0.15, -0.1) is 0 Å². The summed E-state index contributed by atoms with van der Waals surface area (Å²) in [5, 5.41) is 1.33. The van der Waals surface area contributed by atoms with Crippen molar-refractivity contribution in [2.75, 3.05) is 6.61 Å². The Morgan fingerprint density at radius 3 is 2.52 bits per heavy atom. The number of esters is 1. The highest BCUT2D eigenvalue weighted by Crippen LogP contribution is 2.39. The van der Waals surface area contributed by atoms with E-state index in [9.17, 15) is 9.59 Å². The molecule has 0 saturated carbocycles. The smallest absolute Gasteiger partial charge is 0.339 e. The van der Waals surface area contributed by atoms with Crippen LogP contribution in [0, 0.1) is 11.3 Å². The van der Waals surface area contributed by atoms with Crippen LogP contribution in [-0.2, 0) is 17.6 Å². The second kappa shape index (κ2) is 8.43. The number of aromatic nitrogens is 1. The van der Waals surface area contributed by atoms with Crippen LogP contribution in [-0.4, -0.2) is 23.3 Å². The third kappa shape index (κ3) is 4.49. The first kappa shape index (κ1) is 21.5. The molecule has 1 aromatic heterocycles. The largest absolute Gasteiger partial charge is 0.454 e. The van der Waals surface area contributed by atoms with E-state index in [4.69, 9.17) is 21.3 Å². The number of halogens is 1. The van der Waals surface area contributed by atoms with E-state index in [1.807, 2.05) is 24.3 Å². The van der Waals surface area contributed by atoms with Gasteiger partial charge in [-0.3, -0.25) is 9.78 Å². The van der Waals surface area contributed by atoms with Crippen molar-refractivity contribution in [3.63, 3.8) is 0 Å². The van der Waals surface area contributed by atoms with Crippen molar-refractivity contribution in [1.82, 2.24) is 4.98 Å². The minimum Gasteiger partial charge on any atom is -0.454 e. The highest BCUT2D eigenvalue weighted by atomic mass is 35.5. The molecule has 3 aromatic rings. The van der Waals surface area contributed by atoms with Gasteiger partial charge < -0.3 is 4.74 Å². The molecule has 1 atom stereocenters. The van der Waals surface area contributed by atoms with Gasteiger partial charge in [-0.25, -0.2) is 4.79 Å². The molecule has 160 valence electrons. The summed E-state index contributed by atoms with van der Waals surface area (Å²) in [4.78, 5) is 30.6. The number of nitrogens with zero attached hydrogens (tertiary/aromatic N) is 1. The van der Waals surface area contributed by atoms with Gasteiger partial charge in [0.2, 0.25) is 0 Å². The van der Waals surface area contributed by atoms with Crippen LogP contribution < -0.4 is 0 Å². The third-order valence-electron chi connectivity index (χ3n) is 6.19. The number of rotatable bonds is 4. The van der Waals surface area contributed by atoms with Gasteiger partial charge in [0.15, 0.2) is 12.4 Å². The summed E-state index contributed by atoms with van der Waals surface area (Å²) in [5.41, 5.74) is 3.87. The first-order valence-corrected chi connectivity index (χ1v) is 11.0. The number of pyridine rings is 1. The summed E-state index contributed by atoms with van der Waals surface area (Å²) in [6, 6.07) is 14.2. The second-order valence-electron chi connectivity index (χ2n) is 9.24. The highest BCUT2D eigenvalue weighted by molar-refractivity contribution is 6.30. The summed E-state index contributed by atoms with van der Waals surface area (Å²) in [5.74, 6) is -0.276.